The Kier molecular flexibility index (Phi) is 3.99. The summed E-state index contributed by atoms with van der Waals surface area (Å²) in [6, 6.07) is 6.05. The van der Waals surface area contributed by atoms with Crippen molar-refractivity contribution in [2.45, 2.75) is 25.7 Å². The first-order chi connectivity index (χ1) is 7.54. The molecule has 1 aromatic rings. The molecule has 4 heteroatoms. The van der Waals surface area contributed by atoms with Crippen LogP contribution in [0.5, 0.6) is 0 Å². The number of hydrogen-bond donors (Lipinski definition) is 0. The molecule has 1 rings (SSSR count). The third-order valence-corrected chi connectivity index (χ3v) is 2.32. The second-order valence-corrected chi connectivity index (χ2v) is 3.47. The Morgan fingerprint density at radius 3 is 2.56 bits per heavy atom. The topological polar surface area (TPSA) is 26.3 Å². The molecule has 16 heavy (non-hydrogen) atoms. The van der Waals surface area contributed by atoms with Crippen molar-refractivity contribution < 1.29 is 18.3 Å². The highest BCUT2D eigenvalue weighted by Gasteiger charge is 2.43. The number of methoxy groups -OCH3 is 1. The van der Waals surface area contributed by atoms with Crippen LogP contribution in [0.1, 0.15) is 24.5 Å². The predicted molar refractivity (Wildman–Crippen MR) is 56.3 cm³/mol. The number of carbonyl (C=O) groups excluding carboxylic acids is 1. The molecular weight excluding hydrogens is 214 g/mol. The van der Waals surface area contributed by atoms with Crippen LogP contribution in [0.25, 0.3) is 0 Å². The minimum atomic E-state index is -3.57. The third-order valence-electron chi connectivity index (χ3n) is 2.32. The predicted octanol–water partition coefficient (Wildman–Crippen LogP) is 2.90. The highest BCUT2D eigenvalue weighted by Crippen LogP contribution is 2.32. The van der Waals surface area contributed by atoms with Gasteiger partial charge in [-0.3, -0.25) is 0 Å². The average Bonchev–Trinajstić information content (AvgIpc) is 2.29. The lowest BCUT2D eigenvalue weighted by atomic mass is 9.98. The van der Waals surface area contributed by atoms with Crippen molar-refractivity contribution in [3.8, 4) is 0 Å². The molecule has 0 aliphatic carbocycles. The van der Waals surface area contributed by atoms with Crippen LogP contribution in [-0.4, -0.2) is 13.1 Å². The van der Waals surface area contributed by atoms with Crippen molar-refractivity contribution in [3.05, 3.63) is 35.4 Å². The van der Waals surface area contributed by atoms with Crippen LogP contribution >= 0.6 is 0 Å². The first-order valence-corrected chi connectivity index (χ1v) is 5.08. The van der Waals surface area contributed by atoms with Crippen molar-refractivity contribution >= 4 is 5.97 Å². The highest BCUT2D eigenvalue weighted by atomic mass is 19.3. The van der Waals surface area contributed by atoms with E-state index in [2.05, 4.69) is 4.74 Å². The maximum absolute atomic E-state index is 13.7. The van der Waals surface area contributed by atoms with Crippen LogP contribution in [0.3, 0.4) is 0 Å². The fourth-order valence-electron chi connectivity index (χ4n) is 1.55. The molecule has 0 fully saturated rings. The van der Waals surface area contributed by atoms with E-state index in [9.17, 15) is 13.6 Å². The van der Waals surface area contributed by atoms with E-state index in [4.69, 9.17) is 0 Å². The summed E-state index contributed by atoms with van der Waals surface area (Å²) < 4.78 is 31.4. The summed E-state index contributed by atoms with van der Waals surface area (Å²) in [5, 5.41) is 0. The zero-order chi connectivity index (χ0) is 12.2. The summed E-state index contributed by atoms with van der Waals surface area (Å²) in [5.41, 5.74) is 0.226. The molecule has 2 nitrogen and oxygen atoms in total. The van der Waals surface area contributed by atoms with Crippen LogP contribution in [0.4, 0.5) is 8.78 Å². The van der Waals surface area contributed by atoms with Gasteiger partial charge in [-0.25, -0.2) is 4.79 Å². The van der Waals surface area contributed by atoms with Gasteiger partial charge in [-0.1, -0.05) is 37.6 Å². The average molecular weight is 228 g/mol. The molecule has 0 N–H and O–H groups in total. The Hall–Kier alpha value is -1.45. The van der Waals surface area contributed by atoms with Gasteiger partial charge >= 0.3 is 11.9 Å². The summed E-state index contributed by atoms with van der Waals surface area (Å²) in [4.78, 5) is 11.0. The summed E-state index contributed by atoms with van der Waals surface area (Å²) in [5.74, 6) is -5.09. The monoisotopic (exact) mass is 228 g/mol. The number of aryl methyl sites for hydroxylation is 1. The molecule has 0 aliphatic rings. The minimum absolute atomic E-state index is 0.260. The quantitative estimate of drug-likeness (QED) is 0.741. The van der Waals surface area contributed by atoms with E-state index in [1.807, 2.05) is 6.92 Å². The summed E-state index contributed by atoms with van der Waals surface area (Å²) in [6.45, 7) is 1.90. The van der Waals surface area contributed by atoms with Gasteiger partial charge in [0.25, 0.3) is 0 Å². The Morgan fingerprint density at radius 1 is 1.38 bits per heavy atom. The lowest BCUT2D eigenvalue weighted by molar-refractivity contribution is -0.170. The van der Waals surface area contributed by atoms with E-state index in [-0.39, 0.29) is 5.56 Å². The Bertz CT molecular complexity index is 375. The molecule has 0 saturated heterocycles. The number of alkyl halides is 2. The zero-order valence-electron chi connectivity index (χ0n) is 9.30. The lowest BCUT2D eigenvalue weighted by Gasteiger charge is -2.17. The molecule has 1 aromatic carbocycles. The van der Waals surface area contributed by atoms with Gasteiger partial charge in [0.15, 0.2) is 0 Å². The molecular formula is C12H14F2O2. The molecule has 0 amide bonds. The largest absolute Gasteiger partial charge is 0.464 e. The standard InChI is InChI=1S/C12H14F2O2/c1-3-6-9-7-4-5-8-10(9)12(13,14)11(15)16-2/h4-5,7-8H,3,6H2,1-2H3. The van der Waals surface area contributed by atoms with E-state index in [1.165, 1.54) is 12.1 Å². The van der Waals surface area contributed by atoms with Crippen molar-refractivity contribution in [2.24, 2.45) is 0 Å². The number of rotatable bonds is 4. The Balaban J connectivity index is 3.15. The Morgan fingerprint density at radius 2 is 2.00 bits per heavy atom. The van der Waals surface area contributed by atoms with Crippen LogP contribution in [-0.2, 0) is 21.9 Å². The SMILES string of the molecule is CCCc1ccccc1C(F)(F)C(=O)OC. The number of carbonyl (C=O) groups is 1. The van der Waals surface area contributed by atoms with Crippen molar-refractivity contribution in [3.63, 3.8) is 0 Å². The van der Waals surface area contributed by atoms with Gasteiger partial charge in [0.05, 0.1) is 7.11 Å². The van der Waals surface area contributed by atoms with Gasteiger partial charge in [0, 0.05) is 5.56 Å². The van der Waals surface area contributed by atoms with Crippen LogP contribution in [0, 0.1) is 0 Å². The van der Waals surface area contributed by atoms with Crippen molar-refractivity contribution in [1.82, 2.24) is 0 Å². The van der Waals surface area contributed by atoms with Gasteiger partial charge in [-0.15, -0.1) is 0 Å². The number of hydrogen-bond acceptors (Lipinski definition) is 2. The van der Waals surface area contributed by atoms with Gasteiger partial charge in [0.2, 0.25) is 0 Å². The van der Waals surface area contributed by atoms with Gasteiger partial charge in [0.1, 0.15) is 0 Å². The first kappa shape index (κ1) is 12.6. The third kappa shape index (κ3) is 2.38. The number of ether oxygens (including phenoxy) is 1. The van der Waals surface area contributed by atoms with Crippen molar-refractivity contribution in [1.29, 1.82) is 0 Å². The zero-order valence-corrected chi connectivity index (χ0v) is 9.30. The maximum Gasteiger partial charge on any atom is 0.381 e. The van der Waals surface area contributed by atoms with Crippen LogP contribution in [0.15, 0.2) is 24.3 Å². The maximum atomic E-state index is 13.7. The summed E-state index contributed by atoms with van der Waals surface area (Å²) in [6.07, 6.45) is 1.26. The molecule has 0 bridgehead atoms. The van der Waals surface area contributed by atoms with E-state index < -0.39 is 11.9 Å². The molecule has 0 spiro atoms. The van der Waals surface area contributed by atoms with Crippen molar-refractivity contribution in [2.75, 3.05) is 7.11 Å². The molecule has 0 radical (unpaired) electrons. The molecule has 0 atom stereocenters. The smallest absolute Gasteiger partial charge is 0.381 e. The van der Waals surface area contributed by atoms with Crippen LogP contribution in [0.2, 0.25) is 0 Å². The van der Waals surface area contributed by atoms with Gasteiger partial charge < -0.3 is 4.74 Å². The van der Waals surface area contributed by atoms with E-state index in [0.717, 1.165) is 13.5 Å². The van der Waals surface area contributed by atoms with E-state index in [0.29, 0.717) is 12.0 Å². The van der Waals surface area contributed by atoms with Gasteiger partial charge in [-0.2, -0.15) is 8.78 Å². The second kappa shape index (κ2) is 5.05. The van der Waals surface area contributed by atoms with Crippen LogP contribution < -0.4 is 0 Å². The Labute approximate surface area is 93.2 Å². The van der Waals surface area contributed by atoms with E-state index >= 15 is 0 Å². The number of esters is 1. The summed E-state index contributed by atoms with van der Waals surface area (Å²) >= 11 is 0. The summed E-state index contributed by atoms with van der Waals surface area (Å²) in [7, 11) is 0.957. The fourth-order valence-corrected chi connectivity index (χ4v) is 1.55. The molecule has 0 unspecified atom stereocenters. The number of halogens is 2. The van der Waals surface area contributed by atoms with E-state index in [1.54, 1.807) is 12.1 Å². The molecule has 0 aromatic heterocycles. The number of benzene rings is 1. The fraction of sp³-hybridized carbons (Fsp3) is 0.417. The minimum Gasteiger partial charge on any atom is -0.464 e. The first-order valence-electron chi connectivity index (χ1n) is 5.08. The molecule has 0 saturated carbocycles. The van der Waals surface area contributed by atoms with Gasteiger partial charge in [-0.05, 0) is 12.0 Å². The molecule has 0 aliphatic heterocycles. The highest BCUT2D eigenvalue weighted by molar-refractivity contribution is 5.79. The normalized spacial score (nSPS) is 11.2. The molecule has 88 valence electrons. The molecule has 0 heterocycles. The lowest BCUT2D eigenvalue weighted by Crippen LogP contribution is -2.28. The second-order valence-electron chi connectivity index (χ2n) is 3.47.